The van der Waals surface area contributed by atoms with Gasteiger partial charge in [0.05, 0.1) is 25.4 Å². The molecule has 1 saturated heterocycles. The molecule has 0 aromatic heterocycles. The summed E-state index contributed by atoms with van der Waals surface area (Å²) >= 11 is 0. The van der Waals surface area contributed by atoms with Gasteiger partial charge in [0.15, 0.2) is 5.96 Å². The largest absolute Gasteiger partial charge is 0.378 e. The fourth-order valence-electron chi connectivity index (χ4n) is 2.71. The summed E-state index contributed by atoms with van der Waals surface area (Å²) in [6.07, 6.45) is 4.75. The Morgan fingerprint density at radius 1 is 1.28 bits per heavy atom. The molecule has 1 heterocycles. The topological polar surface area (TPSA) is 62.9 Å². The van der Waals surface area contributed by atoms with Gasteiger partial charge >= 0.3 is 0 Å². The third-order valence-electron chi connectivity index (χ3n) is 4.13. The number of halogens is 2. The molecule has 0 unspecified atom stereocenters. The number of nitrogens with two attached hydrogens (primary N) is 1. The van der Waals surface area contributed by atoms with Crippen molar-refractivity contribution in [3.63, 3.8) is 0 Å². The van der Waals surface area contributed by atoms with E-state index in [9.17, 15) is 4.39 Å². The molecule has 1 fully saturated rings. The van der Waals surface area contributed by atoms with Gasteiger partial charge in [-0.1, -0.05) is 32.3 Å². The third kappa shape index (κ3) is 7.77. The lowest BCUT2D eigenvalue weighted by Gasteiger charge is -2.29. The van der Waals surface area contributed by atoms with Gasteiger partial charge in [0.1, 0.15) is 5.82 Å². The molecule has 25 heavy (non-hydrogen) atoms. The molecule has 0 atom stereocenters. The van der Waals surface area contributed by atoms with Crippen molar-refractivity contribution >= 4 is 35.6 Å². The Morgan fingerprint density at radius 2 is 2.04 bits per heavy atom. The molecule has 0 aliphatic carbocycles. The molecule has 1 aliphatic rings. The lowest BCUT2D eigenvalue weighted by Crippen LogP contribution is -2.36. The van der Waals surface area contributed by atoms with Crippen LogP contribution in [0.4, 0.5) is 10.1 Å². The van der Waals surface area contributed by atoms with Crippen LogP contribution in [0.2, 0.25) is 0 Å². The molecule has 0 bridgehead atoms. The van der Waals surface area contributed by atoms with E-state index in [0.717, 1.165) is 31.6 Å². The molecule has 7 heteroatoms. The predicted octanol–water partition coefficient (Wildman–Crippen LogP) is 3.26. The zero-order chi connectivity index (χ0) is 17.2. The highest BCUT2D eigenvalue weighted by molar-refractivity contribution is 14.0. The van der Waals surface area contributed by atoms with Crippen LogP contribution in [0.15, 0.2) is 23.2 Å². The maximum absolute atomic E-state index is 14.3. The summed E-state index contributed by atoms with van der Waals surface area (Å²) in [4.78, 5) is 6.29. The normalized spacial score (nSPS) is 15.0. The molecule has 1 aromatic carbocycles. The minimum absolute atomic E-state index is 0. The Hall–Kier alpha value is -1.09. The lowest BCUT2D eigenvalue weighted by molar-refractivity contribution is 0.122. The maximum Gasteiger partial charge on any atom is 0.188 e. The van der Waals surface area contributed by atoms with Crippen LogP contribution < -0.4 is 16.0 Å². The SMILES string of the molecule is CCCCCCNC(N)=NCc1ccc(N2CCOCC2)c(F)c1.I. The minimum Gasteiger partial charge on any atom is -0.378 e. The number of guanidine groups is 1. The molecule has 5 nitrogen and oxygen atoms in total. The molecule has 1 aromatic rings. The average Bonchev–Trinajstić information content (AvgIpc) is 2.60. The Balaban J connectivity index is 0.00000312. The lowest BCUT2D eigenvalue weighted by atomic mass is 10.1. The number of rotatable bonds is 8. The number of aliphatic imine (C=N–C) groups is 1. The van der Waals surface area contributed by atoms with E-state index in [0.29, 0.717) is 31.4 Å². The van der Waals surface area contributed by atoms with Crippen molar-refractivity contribution in [3.05, 3.63) is 29.6 Å². The van der Waals surface area contributed by atoms with Crippen molar-refractivity contribution < 1.29 is 9.13 Å². The monoisotopic (exact) mass is 464 g/mol. The highest BCUT2D eigenvalue weighted by Gasteiger charge is 2.15. The molecule has 3 N–H and O–H groups in total. The van der Waals surface area contributed by atoms with Gasteiger partial charge in [-0.25, -0.2) is 9.38 Å². The smallest absolute Gasteiger partial charge is 0.188 e. The van der Waals surface area contributed by atoms with Gasteiger partial charge in [-0.15, -0.1) is 24.0 Å². The molecule has 2 rings (SSSR count). The summed E-state index contributed by atoms with van der Waals surface area (Å²) < 4.78 is 19.6. The second-order valence-corrected chi connectivity index (χ2v) is 6.07. The Labute approximate surface area is 167 Å². The molecule has 1 aliphatic heterocycles. The molecular formula is C18H30FIN4O. The van der Waals surface area contributed by atoms with Crippen LogP contribution in [0.3, 0.4) is 0 Å². The van der Waals surface area contributed by atoms with Crippen LogP contribution in [0.25, 0.3) is 0 Å². The molecule has 142 valence electrons. The van der Waals surface area contributed by atoms with Crippen LogP contribution in [0.5, 0.6) is 0 Å². The molecule has 0 saturated carbocycles. The van der Waals surface area contributed by atoms with Gasteiger partial charge in [0.25, 0.3) is 0 Å². The molecular weight excluding hydrogens is 434 g/mol. The van der Waals surface area contributed by atoms with Crippen LogP contribution >= 0.6 is 24.0 Å². The van der Waals surface area contributed by atoms with E-state index < -0.39 is 0 Å². The summed E-state index contributed by atoms with van der Waals surface area (Å²) in [6, 6.07) is 5.27. The molecule has 0 spiro atoms. The van der Waals surface area contributed by atoms with Crippen LogP contribution in [0.1, 0.15) is 38.2 Å². The number of unbranched alkanes of at least 4 members (excludes halogenated alkanes) is 3. The average molecular weight is 464 g/mol. The number of hydrogen-bond donors (Lipinski definition) is 2. The number of anilines is 1. The maximum atomic E-state index is 14.3. The first kappa shape index (κ1) is 22.0. The second-order valence-electron chi connectivity index (χ2n) is 6.07. The second kappa shape index (κ2) is 12.3. The number of nitrogens with one attached hydrogen (secondary N) is 1. The van der Waals surface area contributed by atoms with Crippen molar-refractivity contribution in [1.29, 1.82) is 0 Å². The fourth-order valence-corrected chi connectivity index (χ4v) is 2.71. The molecule has 0 amide bonds. The molecule has 0 radical (unpaired) electrons. The van der Waals surface area contributed by atoms with E-state index >= 15 is 0 Å². The number of hydrogen-bond acceptors (Lipinski definition) is 3. The number of morpholine rings is 1. The van der Waals surface area contributed by atoms with Crippen LogP contribution in [0, 0.1) is 5.82 Å². The van der Waals surface area contributed by atoms with Gasteiger partial charge in [-0.2, -0.15) is 0 Å². The highest BCUT2D eigenvalue weighted by atomic mass is 127. The minimum atomic E-state index is -0.212. The quantitative estimate of drug-likeness (QED) is 0.268. The standard InChI is InChI=1S/C18H29FN4O.HI/c1-2-3-4-5-8-21-18(20)22-14-15-6-7-17(16(19)13-15)23-9-11-24-12-10-23;/h6-7,13H,2-5,8-12,14H2,1H3,(H3,20,21,22);1H. The van der Waals surface area contributed by atoms with Crippen LogP contribution in [-0.4, -0.2) is 38.8 Å². The first-order valence-corrected chi connectivity index (χ1v) is 8.85. The summed E-state index contributed by atoms with van der Waals surface area (Å²) in [5.41, 5.74) is 7.30. The van der Waals surface area contributed by atoms with E-state index in [-0.39, 0.29) is 29.8 Å². The highest BCUT2D eigenvalue weighted by Crippen LogP contribution is 2.21. The van der Waals surface area contributed by atoms with Crippen molar-refractivity contribution in [2.45, 2.75) is 39.2 Å². The van der Waals surface area contributed by atoms with Gasteiger partial charge < -0.3 is 20.7 Å². The Kier molecular flexibility index (Phi) is 10.8. The number of nitrogens with zero attached hydrogens (tertiary/aromatic N) is 2. The van der Waals surface area contributed by atoms with E-state index in [1.54, 1.807) is 6.07 Å². The van der Waals surface area contributed by atoms with Gasteiger partial charge in [0, 0.05) is 19.6 Å². The van der Waals surface area contributed by atoms with Crippen molar-refractivity contribution in [3.8, 4) is 0 Å². The van der Waals surface area contributed by atoms with E-state index in [1.165, 1.54) is 19.3 Å². The van der Waals surface area contributed by atoms with Gasteiger partial charge in [-0.05, 0) is 24.1 Å². The summed E-state index contributed by atoms with van der Waals surface area (Å²) in [6.45, 7) is 6.14. The summed E-state index contributed by atoms with van der Waals surface area (Å²) in [5.74, 6) is 0.208. The van der Waals surface area contributed by atoms with Crippen molar-refractivity contribution in [1.82, 2.24) is 5.32 Å². The Bertz CT molecular complexity index is 536. The first-order chi connectivity index (χ1) is 11.7. The number of ether oxygens (including phenoxy) is 1. The van der Waals surface area contributed by atoms with E-state index in [4.69, 9.17) is 10.5 Å². The van der Waals surface area contributed by atoms with E-state index in [2.05, 4.69) is 17.2 Å². The fraction of sp³-hybridized carbons (Fsp3) is 0.611. The predicted molar refractivity (Wildman–Crippen MR) is 112 cm³/mol. The van der Waals surface area contributed by atoms with Crippen molar-refractivity contribution in [2.24, 2.45) is 10.7 Å². The van der Waals surface area contributed by atoms with Gasteiger partial charge in [-0.3, -0.25) is 0 Å². The Morgan fingerprint density at radius 3 is 2.72 bits per heavy atom. The van der Waals surface area contributed by atoms with Crippen LogP contribution in [-0.2, 0) is 11.3 Å². The van der Waals surface area contributed by atoms with E-state index in [1.807, 2.05) is 17.0 Å². The summed E-state index contributed by atoms with van der Waals surface area (Å²) in [7, 11) is 0. The number of benzene rings is 1. The third-order valence-corrected chi connectivity index (χ3v) is 4.13. The zero-order valence-corrected chi connectivity index (χ0v) is 17.3. The zero-order valence-electron chi connectivity index (χ0n) is 15.0. The van der Waals surface area contributed by atoms with Crippen molar-refractivity contribution in [2.75, 3.05) is 37.7 Å². The summed E-state index contributed by atoms with van der Waals surface area (Å²) in [5, 5.41) is 3.10. The van der Waals surface area contributed by atoms with Gasteiger partial charge in [0.2, 0.25) is 0 Å². The first-order valence-electron chi connectivity index (χ1n) is 8.85.